The van der Waals surface area contributed by atoms with Crippen LogP contribution in [0.5, 0.6) is 0 Å². The lowest BCUT2D eigenvalue weighted by Crippen LogP contribution is -2.23. The van der Waals surface area contributed by atoms with Crippen molar-refractivity contribution in [2.45, 2.75) is 37.9 Å². The molecule has 2 aromatic heterocycles. The van der Waals surface area contributed by atoms with Crippen LogP contribution in [-0.2, 0) is 30.2 Å². The summed E-state index contributed by atoms with van der Waals surface area (Å²) in [7, 11) is -1.73. The Morgan fingerprint density at radius 1 is 1.38 bits per heavy atom. The second-order valence-corrected chi connectivity index (χ2v) is 6.90. The van der Waals surface area contributed by atoms with E-state index < -0.39 is 10.0 Å². The van der Waals surface area contributed by atoms with E-state index in [-0.39, 0.29) is 11.4 Å². The zero-order chi connectivity index (χ0) is 15.5. The molecule has 0 spiro atoms. The summed E-state index contributed by atoms with van der Waals surface area (Å²) in [4.78, 5) is 0.244. The first-order chi connectivity index (χ1) is 9.88. The molecule has 2 rings (SSSR count). The monoisotopic (exact) mass is 312 g/mol. The van der Waals surface area contributed by atoms with Gasteiger partial charge < -0.3 is 14.4 Å². The molecule has 0 saturated heterocycles. The van der Waals surface area contributed by atoms with Crippen LogP contribution in [-0.4, -0.2) is 24.2 Å². The van der Waals surface area contributed by atoms with Gasteiger partial charge in [0, 0.05) is 37.6 Å². The molecule has 0 amide bonds. The Morgan fingerprint density at radius 2 is 2.14 bits per heavy atom. The Hall–Kier alpha value is -1.64. The summed E-state index contributed by atoms with van der Waals surface area (Å²) in [6.07, 6.45) is 3.00. The topological polar surface area (TPSA) is 89.2 Å². The molecule has 0 fully saturated rings. The van der Waals surface area contributed by atoms with Gasteiger partial charge in [-0.15, -0.1) is 0 Å². The smallest absolute Gasteiger partial charge is 0.242 e. The molecule has 0 unspecified atom stereocenters. The average molecular weight is 312 g/mol. The fraction of sp³-hybridized carbons (Fsp3) is 0.462. The maximum Gasteiger partial charge on any atom is 0.242 e. The molecule has 2 aromatic rings. The van der Waals surface area contributed by atoms with E-state index in [9.17, 15) is 8.42 Å². The Bertz CT molecular complexity index is 674. The number of sulfonamides is 1. The van der Waals surface area contributed by atoms with Gasteiger partial charge in [0.15, 0.2) is 0 Å². The van der Waals surface area contributed by atoms with Crippen molar-refractivity contribution >= 4 is 10.0 Å². The number of hydrogen-bond donors (Lipinski definition) is 2. The molecular weight excluding hydrogens is 292 g/mol. The predicted octanol–water partition coefficient (Wildman–Crippen LogP) is 0.990. The van der Waals surface area contributed by atoms with Crippen molar-refractivity contribution in [3.05, 3.63) is 36.0 Å². The minimum atomic E-state index is -3.56. The number of nitrogens with one attached hydrogen (secondary N) is 2. The normalized spacial score (nSPS) is 12.2. The van der Waals surface area contributed by atoms with E-state index in [1.807, 2.05) is 20.9 Å². The molecule has 2 N–H and O–H groups in total. The van der Waals surface area contributed by atoms with Crippen LogP contribution in [0.3, 0.4) is 0 Å². The van der Waals surface area contributed by atoms with Gasteiger partial charge in [-0.3, -0.25) is 0 Å². The Balaban J connectivity index is 2.07. The van der Waals surface area contributed by atoms with Crippen molar-refractivity contribution in [2.24, 2.45) is 7.05 Å². The molecule has 8 heteroatoms. The van der Waals surface area contributed by atoms with Crippen LogP contribution in [0.1, 0.15) is 25.2 Å². The van der Waals surface area contributed by atoms with Crippen molar-refractivity contribution in [1.82, 2.24) is 19.8 Å². The van der Waals surface area contributed by atoms with Crippen LogP contribution in [0.2, 0.25) is 0 Å². The third-order valence-electron chi connectivity index (χ3n) is 3.02. The molecule has 0 radical (unpaired) electrons. The fourth-order valence-corrected chi connectivity index (χ4v) is 2.88. The second-order valence-electron chi connectivity index (χ2n) is 5.13. The van der Waals surface area contributed by atoms with Crippen LogP contribution in [0, 0.1) is 0 Å². The number of aromatic nitrogens is 2. The van der Waals surface area contributed by atoms with Gasteiger partial charge >= 0.3 is 0 Å². The minimum absolute atomic E-state index is 0.104. The molecule has 0 aromatic carbocycles. The first-order valence-electron chi connectivity index (χ1n) is 6.66. The highest BCUT2D eigenvalue weighted by molar-refractivity contribution is 7.89. The van der Waals surface area contributed by atoms with E-state index in [1.165, 1.54) is 6.26 Å². The van der Waals surface area contributed by atoms with Crippen LogP contribution >= 0.6 is 0 Å². The summed E-state index contributed by atoms with van der Waals surface area (Å²) in [6.45, 7) is 4.81. The van der Waals surface area contributed by atoms with E-state index in [4.69, 9.17) is 0 Å². The highest BCUT2D eigenvalue weighted by Crippen LogP contribution is 2.14. The van der Waals surface area contributed by atoms with Crippen LogP contribution in [0.25, 0.3) is 0 Å². The van der Waals surface area contributed by atoms with E-state index >= 15 is 0 Å². The Kier molecular flexibility index (Phi) is 4.81. The van der Waals surface area contributed by atoms with E-state index in [2.05, 4.69) is 19.7 Å². The van der Waals surface area contributed by atoms with E-state index in [0.29, 0.717) is 18.3 Å². The molecule has 0 aliphatic heterocycles. The largest absolute Gasteiger partial charge is 0.364 e. The maximum absolute atomic E-state index is 12.2. The minimum Gasteiger partial charge on any atom is -0.364 e. The van der Waals surface area contributed by atoms with Crippen LogP contribution < -0.4 is 10.0 Å². The summed E-state index contributed by atoms with van der Waals surface area (Å²) in [5.74, 6) is 0. The average Bonchev–Trinajstić information content (AvgIpc) is 3.04. The molecule has 0 bridgehead atoms. The lowest BCUT2D eigenvalue weighted by molar-refractivity contribution is 0.411. The molecule has 0 aliphatic carbocycles. The predicted molar refractivity (Wildman–Crippen MR) is 77.9 cm³/mol. The molecule has 0 aliphatic rings. The first kappa shape index (κ1) is 15.7. The van der Waals surface area contributed by atoms with Gasteiger partial charge in [-0.1, -0.05) is 19.0 Å². The van der Waals surface area contributed by atoms with Crippen molar-refractivity contribution in [1.29, 1.82) is 0 Å². The second kappa shape index (κ2) is 6.42. The summed E-state index contributed by atoms with van der Waals surface area (Å²) >= 11 is 0. The van der Waals surface area contributed by atoms with Gasteiger partial charge in [-0.05, 0) is 6.07 Å². The van der Waals surface area contributed by atoms with Gasteiger partial charge in [0.05, 0.1) is 17.1 Å². The van der Waals surface area contributed by atoms with Gasteiger partial charge in [0.25, 0.3) is 0 Å². The Morgan fingerprint density at radius 3 is 2.76 bits per heavy atom. The standard InChI is InChI=1S/C13H20N4O3S/c1-10(2)14-8-12-6-13(9-17(12)3)21(18,19)15-7-11-4-5-20-16-11/h4-6,9-10,14-15H,7-8H2,1-3H3. The molecule has 0 atom stereocenters. The van der Waals surface area contributed by atoms with Crippen molar-refractivity contribution in [3.63, 3.8) is 0 Å². The third kappa shape index (κ3) is 4.16. The summed E-state index contributed by atoms with van der Waals surface area (Å²) in [6, 6.07) is 3.62. The van der Waals surface area contributed by atoms with E-state index in [1.54, 1.807) is 22.9 Å². The molecule has 21 heavy (non-hydrogen) atoms. The van der Waals surface area contributed by atoms with Gasteiger partial charge in [0.2, 0.25) is 10.0 Å². The molecule has 2 heterocycles. The molecule has 7 nitrogen and oxygen atoms in total. The quantitative estimate of drug-likeness (QED) is 0.796. The number of nitrogens with zero attached hydrogens (tertiary/aromatic N) is 2. The summed E-state index contributed by atoms with van der Waals surface area (Å²) in [5, 5.41) is 6.93. The third-order valence-corrected chi connectivity index (χ3v) is 4.39. The summed E-state index contributed by atoms with van der Waals surface area (Å²) in [5.41, 5.74) is 1.45. The lowest BCUT2D eigenvalue weighted by Gasteiger charge is -2.08. The van der Waals surface area contributed by atoms with Crippen molar-refractivity contribution in [3.8, 4) is 0 Å². The zero-order valence-electron chi connectivity index (χ0n) is 12.3. The highest BCUT2D eigenvalue weighted by atomic mass is 32.2. The SMILES string of the molecule is CC(C)NCc1cc(S(=O)(=O)NCc2ccon2)cn1C. The van der Waals surface area contributed by atoms with E-state index in [0.717, 1.165) is 5.69 Å². The van der Waals surface area contributed by atoms with Crippen molar-refractivity contribution < 1.29 is 12.9 Å². The van der Waals surface area contributed by atoms with Gasteiger partial charge in [-0.2, -0.15) is 0 Å². The highest BCUT2D eigenvalue weighted by Gasteiger charge is 2.17. The van der Waals surface area contributed by atoms with Gasteiger partial charge in [-0.25, -0.2) is 13.1 Å². The van der Waals surface area contributed by atoms with Crippen LogP contribution in [0.4, 0.5) is 0 Å². The molecule has 116 valence electrons. The number of rotatable bonds is 7. The number of aryl methyl sites for hydroxylation is 1. The first-order valence-corrected chi connectivity index (χ1v) is 8.14. The zero-order valence-corrected chi connectivity index (χ0v) is 13.1. The van der Waals surface area contributed by atoms with Crippen LogP contribution in [0.15, 0.2) is 34.0 Å². The molecular formula is C13H20N4O3S. The number of hydrogen-bond acceptors (Lipinski definition) is 5. The fourth-order valence-electron chi connectivity index (χ4n) is 1.79. The van der Waals surface area contributed by atoms with Gasteiger partial charge in [0.1, 0.15) is 6.26 Å². The Labute approximate surface area is 124 Å². The maximum atomic E-state index is 12.2. The molecule has 0 saturated carbocycles. The lowest BCUT2D eigenvalue weighted by atomic mass is 10.3. The van der Waals surface area contributed by atoms with Crippen molar-refractivity contribution in [2.75, 3.05) is 0 Å². The summed E-state index contributed by atoms with van der Waals surface area (Å²) < 4.78 is 33.4.